The van der Waals surface area contributed by atoms with Crippen molar-refractivity contribution in [3.63, 3.8) is 0 Å². The molecule has 1 aliphatic carbocycles. The summed E-state index contributed by atoms with van der Waals surface area (Å²) >= 11 is 11.6. The molecule has 2 nitrogen and oxygen atoms in total. The highest BCUT2D eigenvalue weighted by Crippen LogP contribution is 2.34. The molecule has 1 saturated carbocycles. The molecule has 0 radical (unpaired) electrons. The average molecular weight is 373 g/mol. The minimum atomic E-state index is 0.106. The van der Waals surface area contributed by atoms with Crippen LogP contribution in [-0.2, 0) is 6.42 Å². The first-order valence-electron chi connectivity index (χ1n) is 8.95. The largest absolute Gasteiger partial charge is 0.357 e. The van der Waals surface area contributed by atoms with Crippen LogP contribution in [-0.4, -0.2) is 10.7 Å². The van der Waals surface area contributed by atoms with Crippen molar-refractivity contribution < 1.29 is 0 Å². The van der Waals surface area contributed by atoms with Gasteiger partial charge in [0.15, 0.2) is 5.11 Å². The first kappa shape index (κ1) is 18.2. The predicted octanol–water partition coefficient (Wildman–Crippen LogP) is 5.88. The summed E-state index contributed by atoms with van der Waals surface area (Å²) in [6.07, 6.45) is 7.01. The van der Waals surface area contributed by atoms with Gasteiger partial charge in [-0.15, -0.1) is 0 Å². The molecule has 3 rings (SSSR count). The van der Waals surface area contributed by atoms with Crippen LogP contribution in [0.5, 0.6) is 0 Å². The van der Waals surface area contributed by atoms with Crippen LogP contribution in [0.25, 0.3) is 0 Å². The second-order valence-electron chi connectivity index (χ2n) is 7.06. The van der Waals surface area contributed by atoms with E-state index in [0.717, 1.165) is 28.7 Å². The fourth-order valence-corrected chi connectivity index (χ4v) is 4.02. The third-order valence-corrected chi connectivity index (χ3v) is 5.51. The van der Waals surface area contributed by atoms with Crippen LogP contribution in [0.2, 0.25) is 5.02 Å². The molecule has 2 aromatic carbocycles. The standard InChI is InChI=1S/C21H25ClN2S/c1-16-4-10-19(11-5-16)23-20(25)24-21(13-2-3-14-21)15-12-17-6-8-18(22)9-7-17/h4-11H,2-3,12-15H2,1H3,(H2,23,24,25). The van der Waals surface area contributed by atoms with Crippen molar-refractivity contribution in [2.45, 2.75) is 51.0 Å². The van der Waals surface area contributed by atoms with Crippen molar-refractivity contribution >= 4 is 34.6 Å². The Hall–Kier alpha value is -1.58. The Morgan fingerprint density at radius 3 is 2.32 bits per heavy atom. The summed E-state index contributed by atoms with van der Waals surface area (Å²) in [7, 11) is 0. The molecule has 2 N–H and O–H groups in total. The van der Waals surface area contributed by atoms with Crippen molar-refractivity contribution in [1.82, 2.24) is 5.32 Å². The maximum atomic E-state index is 5.98. The zero-order valence-electron chi connectivity index (χ0n) is 14.6. The second kappa shape index (κ2) is 8.20. The first-order chi connectivity index (χ1) is 12.0. The van der Waals surface area contributed by atoms with Gasteiger partial charge in [0.1, 0.15) is 0 Å². The molecule has 25 heavy (non-hydrogen) atoms. The van der Waals surface area contributed by atoms with Gasteiger partial charge in [-0.2, -0.15) is 0 Å². The second-order valence-corrected chi connectivity index (χ2v) is 7.90. The molecule has 2 aromatic rings. The maximum Gasteiger partial charge on any atom is 0.171 e. The zero-order valence-corrected chi connectivity index (χ0v) is 16.2. The molecule has 132 valence electrons. The van der Waals surface area contributed by atoms with Gasteiger partial charge in [-0.3, -0.25) is 0 Å². The number of aryl methyl sites for hydroxylation is 2. The Bertz CT molecular complexity index is 704. The summed E-state index contributed by atoms with van der Waals surface area (Å²) < 4.78 is 0. The van der Waals surface area contributed by atoms with E-state index in [4.69, 9.17) is 23.8 Å². The smallest absolute Gasteiger partial charge is 0.171 e. The van der Waals surface area contributed by atoms with Crippen molar-refractivity contribution in [2.75, 3.05) is 5.32 Å². The quantitative estimate of drug-likeness (QED) is 0.641. The number of hydrogen-bond acceptors (Lipinski definition) is 1. The molecule has 0 aliphatic heterocycles. The van der Waals surface area contributed by atoms with E-state index >= 15 is 0 Å². The van der Waals surface area contributed by atoms with Gasteiger partial charge in [0.25, 0.3) is 0 Å². The van der Waals surface area contributed by atoms with Crippen LogP contribution in [0.15, 0.2) is 48.5 Å². The van der Waals surface area contributed by atoms with Gasteiger partial charge in [-0.25, -0.2) is 0 Å². The van der Waals surface area contributed by atoms with E-state index in [1.54, 1.807) is 0 Å². The number of thiocarbonyl (C=S) groups is 1. The summed E-state index contributed by atoms with van der Waals surface area (Å²) in [6.45, 7) is 2.09. The minimum Gasteiger partial charge on any atom is -0.357 e. The van der Waals surface area contributed by atoms with Crippen molar-refractivity contribution in [3.8, 4) is 0 Å². The summed E-state index contributed by atoms with van der Waals surface area (Å²) in [5.74, 6) is 0. The average Bonchev–Trinajstić information content (AvgIpc) is 3.05. The maximum absolute atomic E-state index is 5.98. The zero-order chi connectivity index (χ0) is 17.7. The van der Waals surface area contributed by atoms with Crippen LogP contribution in [0.1, 0.15) is 43.2 Å². The van der Waals surface area contributed by atoms with Gasteiger partial charge >= 0.3 is 0 Å². The van der Waals surface area contributed by atoms with E-state index in [0.29, 0.717) is 0 Å². The van der Waals surface area contributed by atoms with Gasteiger partial charge in [0.2, 0.25) is 0 Å². The molecule has 0 heterocycles. The molecular weight excluding hydrogens is 348 g/mol. The van der Waals surface area contributed by atoms with Crippen molar-refractivity contribution in [1.29, 1.82) is 0 Å². The number of nitrogens with one attached hydrogen (secondary N) is 2. The first-order valence-corrected chi connectivity index (χ1v) is 9.74. The van der Waals surface area contributed by atoms with Gasteiger partial charge in [0, 0.05) is 16.2 Å². The molecule has 0 amide bonds. The summed E-state index contributed by atoms with van der Waals surface area (Å²) in [5.41, 5.74) is 3.72. The highest BCUT2D eigenvalue weighted by Gasteiger charge is 2.33. The fourth-order valence-electron chi connectivity index (χ4n) is 3.56. The normalized spacial score (nSPS) is 15.8. The number of anilines is 1. The lowest BCUT2D eigenvalue weighted by atomic mass is 9.89. The van der Waals surface area contributed by atoms with E-state index in [-0.39, 0.29) is 5.54 Å². The van der Waals surface area contributed by atoms with Gasteiger partial charge in [-0.05, 0) is 74.7 Å². The Morgan fingerprint density at radius 1 is 1.04 bits per heavy atom. The monoisotopic (exact) mass is 372 g/mol. The van der Waals surface area contributed by atoms with Crippen LogP contribution in [0, 0.1) is 6.92 Å². The van der Waals surface area contributed by atoms with Crippen LogP contribution >= 0.6 is 23.8 Å². The Morgan fingerprint density at radius 2 is 1.68 bits per heavy atom. The number of rotatable bonds is 5. The van der Waals surface area contributed by atoms with E-state index in [1.165, 1.54) is 36.8 Å². The van der Waals surface area contributed by atoms with E-state index in [2.05, 4.69) is 54.0 Å². The highest BCUT2D eigenvalue weighted by molar-refractivity contribution is 7.80. The third-order valence-electron chi connectivity index (χ3n) is 5.05. The number of hydrogen-bond donors (Lipinski definition) is 2. The highest BCUT2D eigenvalue weighted by atomic mass is 35.5. The molecule has 0 unspecified atom stereocenters. The van der Waals surface area contributed by atoms with E-state index < -0.39 is 0 Å². The molecule has 1 fully saturated rings. The van der Waals surface area contributed by atoms with Crippen LogP contribution < -0.4 is 10.6 Å². The van der Waals surface area contributed by atoms with E-state index in [9.17, 15) is 0 Å². The Kier molecular flexibility index (Phi) is 5.98. The summed E-state index contributed by atoms with van der Waals surface area (Å²) in [6, 6.07) is 16.5. The number of benzene rings is 2. The Balaban J connectivity index is 1.60. The van der Waals surface area contributed by atoms with E-state index in [1.807, 2.05) is 12.1 Å². The molecule has 0 spiro atoms. The van der Waals surface area contributed by atoms with Gasteiger partial charge < -0.3 is 10.6 Å². The topological polar surface area (TPSA) is 24.1 Å². The lowest BCUT2D eigenvalue weighted by Gasteiger charge is -2.32. The molecular formula is C21H25ClN2S. The molecule has 4 heteroatoms. The SMILES string of the molecule is Cc1ccc(NC(=S)NC2(CCc3ccc(Cl)cc3)CCCC2)cc1. The number of halogens is 1. The van der Waals surface area contributed by atoms with Gasteiger partial charge in [0.05, 0.1) is 0 Å². The predicted molar refractivity (Wildman–Crippen MR) is 112 cm³/mol. The van der Waals surface area contributed by atoms with Gasteiger partial charge in [-0.1, -0.05) is 54.3 Å². The lowest BCUT2D eigenvalue weighted by Crippen LogP contribution is -2.48. The van der Waals surface area contributed by atoms with Crippen LogP contribution in [0.4, 0.5) is 5.69 Å². The Labute approximate surface area is 161 Å². The molecule has 0 aromatic heterocycles. The summed E-state index contributed by atoms with van der Waals surface area (Å²) in [5, 5.41) is 8.48. The van der Waals surface area contributed by atoms with Crippen molar-refractivity contribution in [2.24, 2.45) is 0 Å². The van der Waals surface area contributed by atoms with Crippen LogP contribution in [0.3, 0.4) is 0 Å². The van der Waals surface area contributed by atoms with Crippen molar-refractivity contribution in [3.05, 3.63) is 64.7 Å². The summed E-state index contributed by atoms with van der Waals surface area (Å²) in [4.78, 5) is 0. The molecule has 0 bridgehead atoms. The molecule has 0 atom stereocenters. The third kappa shape index (κ3) is 5.20. The minimum absolute atomic E-state index is 0.106. The fraction of sp³-hybridized carbons (Fsp3) is 0.381. The molecule has 0 saturated heterocycles. The molecule has 1 aliphatic rings. The lowest BCUT2D eigenvalue weighted by molar-refractivity contribution is 0.362.